The molecule has 0 radical (unpaired) electrons. The highest BCUT2D eigenvalue weighted by molar-refractivity contribution is 5.98. The van der Waals surface area contributed by atoms with E-state index >= 15 is 0 Å². The molecule has 0 saturated heterocycles. The topological polar surface area (TPSA) is 96.4 Å². The van der Waals surface area contributed by atoms with Crippen LogP contribution in [-0.2, 0) is 24.8 Å². The number of esters is 1. The van der Waals surface area contributed by atoms with Crippen LogP contribution in [0.1, 0.15) is 34.0 Å². The zero-order valence-corrected chi connectivity index (χ0v) is 16.5. The molecule has 7 nitrogen and oxygen atoms in total. The Morgan fingerprint density at radius 1 is 1.28 bits per heavy atom. The maximum atomic E-state index is 13.5. The summed E-state index contributed by atoms with van der Waals surface area (Å²) in [5.41, 5.74) is 8.27. The summed E-state index contributed by atoms with van der Waals surface area (Å²) in [7, 11) is 2.93. The van der Waals surface area contributed by atoms with Crippen molar-refractivity contribution in [2.45, 2.75) is 19.9 Å². The molecule has 0 fully saturated rings. The summed E-state index contributed by atoms with van der Waals surface area (Å²) in [5, 5.41) is 0. The molecule has 2 N–H and O–H groups in total. The van der Waals surface area contributed by atoms with Crippen LogP contribution < -0.4 is 16.0 Å². The predicted octanol–water partition coefficient (Wildman–Crippen LogP) is 2.31. The van der Waals surface area contributed by atoms with E-state index in [1.807, 2.05) is 0 Å². The van der Waals surface area contributed by atoms with Gasteiger partial charge in [-0.15, -0.1) is 0 Å². The van der Waals surface area contributed by atoms with Crippen molar-refractivity contribution in [3.63, 3.8) is 0 Å². The Hall–Kier alpha value is -3.26. The molecule has 0 amide bonds. The number of nitrogens with zero attached hydrogens (tertiary/aromatic N) is 2. The van der Waals surface area contributed by atoms with Crippen LogP contribution in [-0.4, -0.2) is 29.2 Å². The van der Waals surface area contributed by atoms with Gasteiger partial charge >= 0.3 is 5.97 Å². The normalized spacial score (nSPS) is 10.9. The van der Waals surface area contributed by atoms with Crippen molar-refractivity contribution < 1.29 is 18.7 Å². The van der Waals surface area contributed by atoms with E-state index in [4.69, 9.17) is 15.2 Å². The SMILES string of the molecule is CCOC(=O)c1c(OC)c2ncc(Cc3ccc(F)cc3CN)cc2n(C)c1=O. The molecule has 152 valence electrons. The number of nitrogens with two attached hydrogens (primary N) is 1. The zero-order chi connectivity index (χ0) is 21.1. The maximum absolute atomic E-state index is 13.5. The molecular weight excluding hydrogens is 377 g/mol. The van der Waals surface area contributed by atoms with Gasteiger partial charge in [-0.3, -0.25) is 9.78 Å². The first-order valence-electron chi connectivity index (χ1n) is 9.11. The summed E-state index contributed by atoms with van der Waals surface area (Å²) >= 11 is 0. The number of aryl methyl sites for hydroxylation is 1. The number of pyridine rings is 2. The van der Waals surface area contributed by atoms with Gasteiger partial charge in [-0.25, -0.2) is 9.18 Å². The van der Waals surface area contributed by atoms with E-state index in [0.29, 0.717) is 23.0 Å². The Labute approximate surface area is 166 Å². The largest absolute Gasteiger partial charge is 0.493 e. The monoisotopic (exact) mass is 399 g/mol. The highest BCUT2D eigenvalue weighted by Gasteiger charge is 2.24. The molecule has 3 rings (SSSR count). The number of ether oxygens (including phenoxy) is 2. The summed E-state index contributed by atoms with van der Waals surface area (Å²) in [6, 6.07) is 6.28. The van der Waals surface area contributed by atoms with Gasteiger partial charge < -0.3 is 19.8 Å². The van der Waals surface area contributed by atoms with Crippen molar-refractivity contribution in [2.24, 2.45) is 12.8 Å². The number of hydrogen-bond donors (Lipinski definition) is 1. The number of carbonyl (C=O) groups is 1. The second-order valence-electron chi connectivity index (χ2n) is 6.50. The summed E-state index contributed by atoms with van der Waals surface area (Å²) in [4.78, 5) is 29.5. The number of fused-ring (bicyclic) bond motifs is 1. The van der Waals surface area contributed by atoms with Crippen molar-refractivity contribution in [1.29, 1.82) is 0 Å². The first kappa shape index (κ1) is 20.5. The van der Waals surface area contributed by atoms with Crippen molar-refractivity contribution in [3.05, 3.63) is 68.9 Å². The van der Waals surface area contributed by atoms with Crippen molar-refractivity contribution >= 4 is 17.0 Å². The molecule has 0 spiro atoms. The molecule has 2 heterocycles. The van der Waals surface area contributed by atoms with Crippen molar-refractivity contribution in [3.8, 4) is 5.75 Å². The number of benzene rings is 1. The third-order valence-corrected chi connectivity index (χ3v) is 4.71. The smallest absolute Gasteiger partial charge is 0.347 e. The first-order valence-corrected chi connectivity index (χ1v) is 9.11. The number of rotatable bonds is 6. The van der Waals surface area contributed by atoms with E-state index in [-0.39, 0.29) is 30.3 Å². The number of hydrogen-bond acceptors (Lipinski definition) is 6. The Balaban J connectivity index is 2.14. The Morgan fingerprint density at radius 2 is 2.03 bits per heavy atom. The highest BCUT2D eigenvalue weighted by atomic mass is 19.1. The number of carbonyl (C=O) groups excluding carboxylic acids is 1. The first-order chi connectivity index (χ1) is 13.9. The predicted molar refractivity (Wildman–Crippen MR) is 107 cm³/mol. The lowest BCUT2D eigenvalue weighted by atomic mass is 10.00. The quantitative estimate of drug-likeness (QED) is 0.639. The van der Waals surface area contributed by atoms with E-state index in [9.17, 15) is 14.0 Å². The van der Waals surface area contributed by atoms with Gasteiger partial charge in [-0.1, -0.05) is 6.07 Å². The van der Waals surface area contributed by atoms with Crippen LogP contribution in [0, 0.1) is 5.82 Å². The number of methoxy groups -OCH3 is 1. The van der Waals surface area contributed by atoms with E-state index in [1.165, 1.54) is 23.8 Å². The van der Waals surface area contributed by atoms with E-state index in [2.05, 4.69) is 4.98 Å². The van der Waals surface area contributed by atoms with E-state index < -0.39 is 11.5 Å². The van der Waals surface area contributed by atoms with Gasteiger partial charge in [0.05, 0.1) is 19.2 Å². The molecule has 0 aliphatic carbocycles. The second-order valence-corrected chi connectivity index (χ2v) is 6.50. The molecule has 3 aromatic rings. The van der Waals surface area contributed by atoms with Gasteiger partial charge in [0.2, 0.25) is 0 Å². The number of halogens is 1. The highest BCUT2D eigenvalue weighted by Crippen LogP contribution is 2.27. The minimum atomic E-state index is -0.753. The Morgan fingerprint density at radius 3 is 2.69 bits per heavy atom. The fourth-order valence-corrected chi connectivity index (χ4v) is 3.27. The fraction of sp³-hybridized carbons (Fsp3) is 0.286. The number of aromatic nitrogens is 2. The van der Waals surface area contributed by atoms with Gasteiger partial charge in [0.25, 0.3) is 5.56 Å². The Bertz CT molecular complexity index is 1140. The van der Waals surface area contributed by atoms with Crippen LogP contribution in [0.15, 0.2) is 35.3 Å². The average molecular weight is 399 g/mol. The molecule has 0 aliphatic heterocycles. The third kappa shape index (κ3) is 3.84. The van der Waals surface area contributed by atoms with Crippen LogP contribution in [0.25, 0.3) is 11.0 Å². The lowest BCUT2D eigenvalue weighted by molar-refractivity contribution is 0.0520. The van der Waals surface area contributed by atoms with Crippen LogP contribution >= 0.6 is 0 Å². The van der Waals surface area contributed by atoms with E-state index in [0.717, 1.165) is 11.1 Å². The van der Waals surface area contributed by atoms with Crippen LogP contribution in [0.2, 0.25) is 0 Å². The van der Waals surface area contributed by atoms with Crippen LogP contribution in [0.3, 0.4) is 0 Å². The van der Waals surface area contributed by atoms with Crippen molar-refractivity contribution in [1.82, 2.24) is 9.55 Å². The van der Waals surface area contributed by atoms with E-state index in [1.54, 1.807) is 32.3 Å². The lowest BCUT2D eigenvalue weighted by Crippen LogP contribution is -2.27. The minimum Gasteiger partial charge on any atom is -0.493 e. The van der Waals surface area contributed by atoms with Gasteiger partial charge in [0, 0.05) is 19.8 Å². The van der Waals surface area contributed by atoms with Gasteiger partial charge in [0.1, 0.15) is 11.3 Å². The lowest BCUT2D eigenvalue weighted by Gasteiger charge is -2.14. The fourth-order valence-electron chi connectivity index (χ4n) is 3.27. The van der Waals surface area contributed by atoms with Gasteiger partial charge in [-0.05, 0) is 48.2 Å². The molecule has 2 aromatic heterocycles. The molecule has 29 heavy (non-hydrogen) atoms. The molecule has 0 saturated carbocycles. The van der Waals surface area contributed by atoms with Crippen LogP contribution in [0.4, 0.5) is 4.39 Å². The third-order valence-electron chi connectivity index (χ3n) is 4.71. The van der Waals surface area contributed by atoms with Crippen LogP contribution in [0.5, 0.6) is 5.75 Å². The zero-order valence-electron chi connectivity index (χ0n) is 16.5. The summed E-state index contributed by atoms with van der Waals surface area (Å²) < 4.78 is 25.1. The summed E-state index contributed by atoms with van der Waals surface area (Å²) in [5.74, 6) is -1.02. The molecule has 1 aromatic carbocycles. The molecule has 0 atom stereocenters. The second kappa shape index (κ2) is 8.40. The summed E-state index contributed by atoms with van der Waals surface area (Å²) in [6.45, 7) is 2.01. The van der Waals surface area contributed by atoms with Gasteiger partial charge in [-0.2, -0.15) is 0 Å². The molecule has 8 heteroatoms. The average Bonchev–Trinajstić information content (AvgIpc) is 2.71. The standard InChI is InChI=1S/C21H22FN3O4/c1-4-29-21(27)17-19(28-3)18-16(25(2)20(17)26)8-12(11-24-18)7-13-5-6-15(22)9-14(13)10-23/h5-6,8-9,11H,4,7,10,23H2,1-3H3. The molecule has 0 aliphatic rings. The summed E-state index contributed by atoms with van der Waals surface area (Å²) in [6.07, 6.45) is 2.10. The molecule has 0 bridgehead atoms. The Kier molecular flexibility index (Phi) is 5.93. The minimum absolute atomic E-state index is 0.0810. The molecule has 0 unspecified atom stereocenters. The molecular formula is C21H22FN3O4. The van der Waals surface area contributed by atoms with Crippen molar-refractivity contribution in [2.75, 3.05) is 13.7 Å². The maximum Gasteiger partial charge on any atom is 0.347 e. The van der Waals surface area contributed by atoms with Gasteiger partial charge in [0.15, 0.2) is 11.3 Å².